The van der Waals surface area contributed by atoms with E-state index in [0.29, 0.717) is 19.8 Å². The zero-order valence-electron chi connectivity index (χ0n) is 14.9. The van der Waals surface area contributed by atoms with Crippen molar-refractivity contribution < 1.29 is 9.47 Å². The van der Waals surface area contributed by atoms with Gasteiger partial charge in [0.05, 0.1) is 13.2 Å². The second-order valence-electron chi connectivity index (χ2n) is 5.67. The molecule has 140 valence electrons. The van der Waals surface area contributed by atoms with Crippen LogP contribution in [-0.4, -0.2) is 37.2 Å². The van der Waals surface area contributed by atoms with Crippen LogP contribution in [0.3, 0.4) is 0 Å². The van der Waals surface area contributed by atoms with E-state index in [1.54, 1.807) is 6.20 Å². The first-order chi connectivity index (χ1) is 12.3. The van der Waals surface area contributed by atoms with E-state index >= 15 is 0 Å². The lowest BCUT2D eigenvalue weighted by atomic mass is 10.2. The number of benzene rings is 1. The van der Waals surface area contributed by atoms with Crippen molar-refractivity contribution in [2.45, 2.75) is 19.8 Å². The van der Waals surface area contributed by atoms with E-state index < -0.39 is 0 Å². The largest absolute Gasteiger partial charge is 0.490 e. The Morgan fingerprint density at radius 2 is 2.00 bits per heavy atom. The van der Waals surface area contributed by atoms with Gasteiger partial charge in [0.2, 0.25) is 0 Å². The summed E-state index contributed by atoms with van der Waals surface area (Å²) < 4.78 is 11.4. The Hall–Kier alpha value is -2.03. The van der Waals surface area contributed by atoms with Gasteiger partial charge in [-0.2, -0.15) is 0 Å². The van der Waals surface area contributed by atoms with Crippen LogP contribution in [-0.2, 0) is 6.42 Å². The molecule has 0 aliphatic carbocycles. The predicted octanol–water partition coefficient (Wildman–Crippen LogP) is 3.48. The minimum Gasteiger partial charge on any atom is -0.490 e. The second kappa shape index (κ2) is 10.8. The first-order valence-corrected chi connectivity index (χ1v) is 8.70. The summed E-state index contributed by atoms with van der Waals surface area (Å²) in [6.45, 7) is 4.87. The molecule has 0 fully saturated rings. The van der Waals surface area contributed by atoms with Gasteiger partial charge in [-0.05, 0) is 31.2 Å². The fourth-order valence-corrected chi connectivity index (χ4v) is 2.51. The maximum absolute atomic E-state index is 5.74. The lowest BCUT2D eigenvalue weighted by molar-refractivity contribution is 0.297. The first-order valence-electron chi connectivity index (χ1n) is 8.70. The van der Waals surface area contributed by atoms with Gasteiger partial charge >= 0.3 is 0 Å². The van der Waals surface area contributed by atoms with Crippen molar-refractivity contribution in [1.29, 1.82) is 0 Å². The van der Waals surface area contributed by atoms with E-state index in [0.717, 1.165) is 48.2 Å². The molecule has 0 atom stereocenters. The third kappa shape index (κ3) is 6.05. The Morgan fingerprint density at radius 3 is 2.77 bits per heavy atom. The van der Waals surface area contributed by atoms with Gasteiger partial charge < -0.3 is 20.1 Å². The molecule has 3 rings (SSSR count). The molecule has 2 heterocycles. The van der Waals surface area contributed by atoms with Gasteiger partial charge in [0.15, 0.2) is 17.5 Å². The number of halogens is 1. The molecule has 0 bridgehead atoms. The summed E-state index contributed by atoms with van der Waals surface area (Å²) in [5, 5.41) is 6.58. The Kier molecular flexibility index (Phi) is 8.46. The highest BCUT2D eigenvalue weighted by Gasteiger charge is 2.11. The molecule has 0 unspecified atom stereocenters. The Morgan fingerprint density at radius 1 is 1.15 bits per heavy atom. The summed E-state index contributed by atoms with van der Waals surface area (Å²) in [5.74, 6) is 2.31. The van der Waals surface area contributed by atoms with Gasteiger partial charge in [-0.1, -0.05) is 6.07 Å². The van der Waals surface area contributed by atoms with E-state index in [2.05, 4.69) is 20.6 Å². The van der Waals surface area contributed by atoms with Gasteiger partial charge in [-0.25, -0.2) is 0 Å². The van der Waals surface area contributed by atoms with Crippen molar-refractivity contribution in [1.82, 2.24) is 10.3 Å². The van der Waals surface area contributed by atoms with Crippen LogP contribution in [0.4, 0.5) is 5.69 Å². The molecule has 1 aromatic carbocycles. The number of guanidine groups is 1. The molecule has 1 aliphatic heterocycles. The molecular formula is C19H25IN4O2. The van der Waals surface area contributed by atoms with Crippen LogP contribution in [0, 0.1) is 0 Å². The molecule has 26 heavy (non-hydrogen) atoms. The van der Waals surface area contributed by atoms with E-state index in [-0.39, 0.29) is 24.0 Å². The van der Waals surface area contributed by atoms with Gasteiger partial charge in [0, 0.05) is 49.6 Å². The minimum atomic E-state index is 0. The minimum absolute atomic E-state index is 0. The van der Waals surface area contributed by atoms with Gasteiger partial charge in [0.25, 0.3) is 0 Å². The highest BCUT2D eigenvalue weighted by Crippen LogP contribution is 2.32. The van der Waals surface area contributed by atoms with Crippen LogP contribution in [0.1, 0.15) is 19.0 Å². The second-order valence-corrected chi connectivity index (χ2v) is 5.67. The number of ether oxygens (including phenoxy) is 2. The monoisotopic (exact) mass is 468 g/mol. The molecule has 0 saturated carbocycles. The number of anilines is 1. The smallest absolute Gasteiger partial charge is 0.195 e. The number of pyridine rings is 1. The van der Waals surface area contributed by atoms with Crippen molar-refractivity contribution in [3.05, 3.63) is 48.3 Å². The van der Waals surface area contributed by atoms with Gasteiger partial charge in [-0.3, -0.25) is 9.98 Å². The molecule has 1 aliphatic rings. The molecule has 6 nitrogen and oxygen atoms in total. The highest BCUT2D eigenvalue weighted by molar-refractivity contribution is 14.0. The topological polar surface area (TPSA) is 67.8 Å². The molecule has 2 N–H and O–H groups in total. The summed E-state index contributed by atoms with van der Waals surface area (Å²) in [6.07, 6.45) is 3.51. The van der Waals surface area contributed by atoms with Crippen molar-refractivity contribution >= 4 is 35.6 Å². The average molecular weight is 468 g/mol. The summed E-state index contributed by atoms with van der Waals surface area (Å²) in [4.78, 5) is 8.94. The number of aromatic nitrogens is 1. The fourth-order valence-electron chi connectivity index (χ4n) is 2.51. The van der Waals surface area contributed by atoms with Crippen LogP contribution in [0.5, 0.6) is 11.5 Å². The number of nitrogens with zero attached hydrogens (tertiary/aromatic N) is 2. The van der Waals surface area contributed by atoms with Crippen molar-refractivity contribution in [3.8, 4) is 11.5 Å². The first kappa shape index (κ1) is 20.3. The molecule has 0 spiro atoms. The standard InChI is InChI=1S/C19H24N4O2.HI/c1-2-20-19(22-11-9-15-6-3-4-10-21-15)23-16-7-8-17-18(14-16)25-13-5-12-24-17;/h3-4,6-8,10,14H,2,5,9,11-13H2,1H3,(H2,20,22,23);1H. The van der Waals surface area contributed by atoms with Crippen LogP contribution in [0.15, 0.2) is 47.6 Å². The highest BCUT2D eigenvalue weighted by atomic mass is 127. The number of fused-ring (bicyclic) bond motifs is 1. The molecule has 1 aromatic heterocycles. The van der Waals surface area contributed by atoms with Crippen molar-refractivity contribution in [2.75, 3.05) is 31.6 Å². The van der Waals surface area contributed by atoms with Gasteiger partial charge in [0.1, 0.15) is 0 Å². The third-order valence-corrected chi connectivity index (χ3v) is 3.72. The SMILES string of the molecule is CCNC(=NCCc1ccccn1)Nc1ccc2c(c1)OCCCO2.I. The fraction of sp³-hybridized carbons (Fsp3) is 0.368. The molecule has 7 heteroatoms. The Bertz CT molecular complexity index is 710. The number of aliphatic imine (C=N–C) groups is 1. The third-order valence-electron chi connectivity index (χ3n) is 3.72. The van der Waals surface area contributed by atoms with Crippen molar-refractivity contribution in [2.24, 2.45) is 4.99 Å². The molecule has 0 saturated heterocycles. The van der Waals surface area contributed by atoms with Crippen LogP contribution in [0.25, 0.3) is 0 Å². The number of hydrogen-bond acceptors (Lipinski definition) is 4. The Labute approximate surface area is 171 Å². The predicted molar refractivity (Wildman–Crippen MR) is 115 cm³/mol. The number of nitrogens with one attached hydrogen (secondary N) is 2. The molecule has 2 aromatic rings. The van der Waals surface area contributed by atoms with Crippen LogP contribution >= 0.6 is 24.0 Å². The number of hydrogen-bond donors (Lipinski definition) is 2. The lowest BCUT2D eigenvalue weighted by Crippen LogP contribution is -2.30. The molecule has 0 radical (unpaired) electrons. The number of rotatable bonds is 5. The van der Waals surface area contributed by atoms with E-state index in [9.17, 15) is 0 Å². The normalized spacial score (nSPS) is 13.3. The van der Waals surface area contributed by atoms with E-state index in [1.807, 2.05) is 43.3 Å². The molecular weight excluding hydrogens is 443 g/mol. The zero-order valence-corrected chi connectivity index (χ0v) is 17.2. The van der Waals surface area contributed by atoms with E-state index in [4.69, 9.17) is 9.47 Å². The maximum atomic E-state index is 5.74. The summed E-state index contributed by atoms with van der Waals surface area (Å²) in [7, 11) is 0. The lowest BCUT2D eigenvalue weighted by Gasteiger charge is -2.13. The Balaban J connectivity index is 0.00000243. The zero-order chi connectivity index (χ0) is 17.3. The quantitative estimate of drug-likeness (QED) is 0.400. The summed E-state index contributed by atoms with van der Waals surface area (Å²) >= 11 is 0. The van der Waals surface area contributed by atoms with Crippen LogP contribution in [0.2, 0.25) is 0 Å². The summed E-state index contributed by atoms with van der Waals surface area (Å²) in [5.41, 5.74) is 1.96. The average Bonchev–Trinajstić information content (AvgIpc) is 2.88. The van der Waals surface area contributed by atoms with Crippen LogP contribution < -0.4 is 20.1 Å². The molecule has 0 amide bonds. The maximum Gasteiger partial charge on any atom is 0.195 e. The summed E-state index contributed by atoms with van der Waals surface area (Å²) in [6, 6.07) is 11.8. The van der Waals surface area contributed by atoms with Crippen molar-refractivity contribution in [3.63, 3.8) is 0 Å². The van der Waals surface area contributed by atoms with Gasteiger partial charge in [-0.15, -0.1) is 24.0 Å². The van der Waals surface area contributed by atoms with E-state index in [1.165, 1.54) is 0 Å².